The molecule has 0 aliphatic heterocycles. The highest BCUT2D eigenvalue weighted by atomic mass is 16.5. The minimum atomic E-state index is 0.318. The van der Waals surface area contributed by atoms with Crippen molar-refractivity contribution in [1.82, 2.24) is 9.97 Å². The normalized spacial score (nSPS) is 10.9. The Balaban J connectivity index is 1.47. The predicted molar refractivity (Wildman–Crippen MR) is 118 cm³/mol. The monoisotopic (exact) mass is 378 g/mol. The molecule has 140 valence electrons. The van der Waals surface area contributed by atoms with E-state index in [4.69, 9.17) is 10.5 Å². The van der Waals surface area contributed by atoms with E-state index in [1.54, 1.807) is 0 Å². The third kappa shape index (κ3) is 3.30. The Bertz CT molecular complexity index is 1330. The van der Waals surface area contributed by atoms with E-state index in [1.165, 1.54) is 6.33 Å². The maximum Gasteiger partial charge on any atom is 0.248 e. The Kier molecular flexibility index (Phi) is 4.18. The molecular weight excluding hydrogens is 360 g/mol. The van der Waals surface area contributed by atoms with Crippen molar-refractivity contribution in [2.75, 3.05) is 11.1 Å². The van der Waals surface area contributed by atoms with Gasteiger partial charge in [-0.15, -0.1) is 0 Å². The zero-order valence-electron chi connectivity index (χ0n) is 15.5. The van der Waals surface area contributed by atoms with Gasteiger partial charge >= 0.3 is 0 Å². The van der Waals surface area contributed by atoms with Gasteiger partial charge in [0.1, 0.15) is 17.8 Å². The standard InChI is InChI=1S/C24H18N4O/c25-22-23(28-21-11-5-9-17-7-3-4-10-20(17)21)26-15-27-24(22)29-19-13-12-16-6-1-2-8-18(16)14-19/h1-15H,25H2,(H,26,27,28). The van der Waals surface area contributed by atoms with E-state index in [0.717, 1.165) is 27.2 Å². The van der Waals surface area contributed by atoms with Crippen LogP contribution in [0, 0.1) is 0 Å². The molecule has 1 aromatic heterocycles. The van der Waals surface area contributed by atoms with Gasteiger partial charge in [-0.05, 0) is 34.4 Å². The molecule has 3 N–H and O–H groups in total. The van der Waals surface area contributed by atoms with Crippen LogP contribution in [0.4, 0.5) is 17.2 Å². The molecule has 0 radical (unpaired) electrons. The SMILES string of the molecule is Nc1c(Nc2cccc3ccccc23)ncnc1Oc1ccc2ccccc2c1. The van der Waals surface area contributed by atoms with Crippen LogP contribution < -0.4 is 15.8 Å². The number of nitrogens with two attached hydrogens (primary N) is 1. The van der Waals surface area contributed by atoms with Gasteiger partial charge in [0.25, 0.3) is 0 Å². The van der Waals surface area contributed by atoms with Crippen LogP contribution in [0.5, 0.6) is 11.6 Å². The van der Waals surface area contributed by atoms with E-state index < -0.39 is 0 Å². The van der Waals surface area contributed by atoms with Gasteiger partial charge in [-0.3, -0.25) is 0 Å². The molecule has 0 aliphatic rings. The van der Waals surface area contributed by atoms with Crippen LogP contribution in [0.25, 0.3) is 21.5 Å². The lowest BCUT2D eigenvalue weighted by Gasteiger charge is -2.13. The van der Waals surface area contributed by atoms with Crippen LogP contribution >= 0.6 is 0 Å². The zero-order valence-corrected chi connectivity index (χ0v) is 15.5. The quantitative estimate of drug-likeness (QED) is 0.407. The molecule has 0 spiro atoms. The maximum atomic E-state index is 6.32. The average Bonchev–Trinajstić information content (AvgIpc) is 2.77. The minimum absolute atomic E-state index is 0.318. The fourth-order valence-electron chi connectivity index (χ4n) is 3.36. The molecule has 1 heterocycles. The Hall–Kier alpha value is -4.12. The highest BCUT2D eigenvalue weighted by Gasteiger charge is 2.12. The molecule has 5 nitrogen and oxygen atoms in total. The summed E-state index contributed by atoms with van der Waals surface area (Å²) in [5, 5.41) is 7.78. The molecule has 0 atom stereocenters. The molecule has 0 unspecified atom stereocenters. The first-order valence-corrected chi connectivity index (χ1v) is 9.30. The Morgan fingerprint density at radius 1 is 0.724 bits per heavy atom. The van der Waals surface area contributed by atoms with Crippen LogP contribution in [-0.2, 0) is 0 Å². The summed E-state index contributed by atoms with van der Waals surface area (Å²) in [6, 6.07) is 28.2. The molecule has 0 amide bonds. The van der Waals surface area contributed by atoms with Crippen molar-refractivity contribution >= 4 is 38.7 Å². The van der Waals surface area contributed by atoms with Crippen molar-refractivity contribution in [3.05, 3.63) is 91.3 Å². The second-order valence-electron chi connectivity index (χ2n) is 6.70. The van der Waals surface area contributed by atoms with E-state index in [1.807, 2.05) is 60.7 Å². The molecule has 5 aromatic rings. The second-order valence-corrected chi connectivity index (χ2v) is 6.70. The second kappa shape index (κ2) is 7.13. The molecule has 0 saturated carbocycles. The van der Waals surface area contributed by atoms with Gasteiger partial charge in [0.05, 0.1) is 0 Å². The first-order valence-electron chi connectivity index (χ1n) is 9.30. The zero-order chi connectivity index (χ0) is 19.6. The van der Waals surface area contributed by atoms with Crippen LogP contribution in [0.1, 0.15) is 0 Å². The third-order valence-electron chi connectivity index (χ3n) is 4.83. The number of nitrogen functional groups attached to an aromatic ring is 1. The van der Waals surface area contributed by atoms with Crippen molar-refractivity contribution < 1.29 is 4.74 Å². The lowest BCUT2D eigenvalue weighted by Crippen LogP contribution is -2.03. The molecule has 5 heteroatoms. The predicted octanol–water partition coefficient (Wildman–Crippen LogP) is 5.90. The van der Waals surface area contributed by atoms with Gasteiger partial charge in [0.15, 0.2) is 5.82 Å². The van der Waals surface area contributed by atoms with Gasteiger partial charge in [-0.1, -0.05) is 66.7 Å². The largest absolute Gasteiger partial charge is 0.437 e. The van der Waals surface area contributed by atoms with E-state index in [-0.39, 0.29) is 0 Å². The lowest BCUT2D eigenvalue weighted by atomic mass is 10.1. The van der Waals surface area contributed by atoms with Gasteiger partial charge in [0.2, 0.25) is 5.88 Å². The van der Waals surface area contributed by atoms with E-state index in [0.29, 0.717) is 23.1 Å². The van der Waals surface area contributed by atoms with Crippen molar-refractivity contribution in [3.8, 4) is 11.6 Å². The fraction of sp³-hybridized carbons (Fsp3) is 0. The summed E-state index contributed by atoms with van der Waals surface area (Å²) in [5.74, 6) is 1.50. The Labute approximate surface area is 167 Å². The van der Waals surface area contributed by atoms with Gasteiger partial charge < -0.3 is 15.8 Å². The van der Waals surface area contributed by atoms with Crippen molar-refractivity contribution in [3.63, 3.8) is 0 Å². The number of nitrogens with zero attached hydrogens (tertiary/aromatic N) is 2. The summed E-state index contributed by atoms with van der Waals surface area (Å²) in [6.45, 7) is 0. The number of rotatable bonds is 4. The summed E-state index contributed by atoms with van der Waals surface area (Å²) in [6.07, 6.45) is 1.44. The van der Waals surface area contributed by atoms with Gasteiger partial charge in [-0.25, -0.2) is 4.98 Å². The number of fused-ring (bicyclic) bond motifs is 2. The van der Waals surface area contributed by atoms with Gasteiger partial charge in [0, 0.05) is 11.1 Å². The molecule has 0 bridgehead atoms. The Morgan fingerprint density at radius 3 is 2.38 bits per heavy atom. The first-order chi connectivity index (χ1) is 14.3. The molecule has 5 rings (SSSR count). The number of hydrogen-bond acceptors (Lipinski definition) is 5. The van der Waals surface area contributed by atoms with Crippen LogP contribution in [0.2, 0.25) is 0 Å². The lowest BCUT2D eigenvalue weighted by molar-refractivity contribution is 0.465. The summed E-state index contributed by atoms with van der Waals surface area (Å²) in [4.78, 5) is 8.53. The summed E-state index contributed by atoms with van der Waals surface area (Å²) in [7, 11) is 0. The van der Waals surface area contributed by atoms with Gasteiger partial charge in [-0.2, -0.15) is 4.98 Å². The van der Waals surface area contributed by atoms with E-state index >= 15 is 0 Å². The summed E-state index contributed by atoms with van der Waals surface area (Å²) >= 11 is 0. The number of hydrogen-bond donors (Lipinski definition) is 2. The average molecular weight is 378 g/mol. The third-order valence-corrected chi connectivity index (χ3v) is 4.83. The molecule has 0 aliphatic carbocycles. The molecular formula is C24H18N4O. The number of aromatic nitrogens is 2. The highest BCUT2D eigenvalue weighted by molar-refractivity contribution is 5.96. The Morgan fingerprint density at radius 2 is 1.48 bits per heavy atom. The smallest absolute Gasteiger partial charge is 0.248 e. The molecule has 4 aromatic carbocycles. The van der Waals surface area contributed by atoms with Crippen molar-refractivity contribution in [2.45, 2.75) is 0 Å². The van der Waals surface area contributed by atoms with Crippen LogP contribution in [0.15, 0.2) is 91.3 Å². The number of anilines is 3. The molecule has 29 heavy (non-hydrogen) atoms. The van der Waals surface area contributed by atoms with E-state index in [2.05, 4.69) is 39.6 Å². The first kappa shape index (κ1) is 17.0. The van der Waals surface area contributed by atoms with Crippen LogP contribution in [-0.4, -0.2) is 9.97 Å². The number of benzene rings is 4. The summed E-state index contributed by atoms with van der Waals surface area (Å²) < 4.78 is 5.97. The minimum Gasteiger partial charge on any atom is -0.437 e. The van der Waals surface area contributed by atoms with E-state index in [9.17, 15) is 0 Å². The fourth-order valence-corrected chi connectivity index (χ4v) is 3.36. The van der Waals surface area contributed by atoms with Crippen molar-refractivity contribution in [2.24, 2.45) is 0 Å². The topological polar surface area (TPSA) is 73.1 Å². The number of nitrogens with one attached hydrogen (secondary N) is 1. The maximum absolute atomic E-state index is 6.32. The van der Waals surface area contributed by atoms with Crippen LogP contribution in [0.3, 0.4) is 0 Å². The molecule has 0 saturated heterocycles. The molecule has 0 fully saturated rings. The van der Waals surface area contributed by atoms with Crippen molar-refractivity contribution in [1.29, 1.82) is 0 Å². The number of ether oxygens (including phenoxy) is 1. The highest BCUT2D eigenvalue weighted by Crippen LogP contribution is 2.33. The summed E-state index contributed by atoms with van der Waals surface area (Å²) in [5.41, 5.74) is 7.60.